The SMILES string of the molecule is CCCCCCCCCCCCCC(=O)O[C@H](COC(=O)CCCCCCC/C=C\C=C\C(=O)CCCCC)COP(=O)(O)OCCN. The number of ketones is 1. The van der Waals surface area contributed by atoms with Crippen LogP contribution in [0.3, 0.4) is 0 Å². The van der Waals surface area contributed by atoms with Crippen molar-refractivity contribution in [2.45, 2.75) is 168 Å². The maximum absolute atomic E-state index is 12.5. The lowest BCUT2D eigenvalue weighted by Crippen LogP contribution is -2.29. The molecule has 10 nitrogen and oxygen atoms in total. The van der Waals surface area contributed by atoms with E-state index in [2.05, 4.69) is 19.9 Å². The van der Waals surface area contributed by atoms with Gasteiger partial charge in [0.05, 0.1) is 13.2 Å². The lowest BCUT2D eigenvalue weighted by atomic mass is 10.1. The average molecular weight is 702 g/mol. The van der Waals surface area contributed by atoms with E-state index in [4.69, 9.17) is 24.3 Å². The van der Waals surface area contributed by atoms with Crippen LogP contribution in [-0.2, 0) is 37.5 Å². The zero-order valence-corrected chi connectivity index (χ0v) is 31.1. The van der Waals surface area contributed by atoms with E-state index in [1.807, 2.05) is 12.2 Å². The van der Waals surface area contributed by atoms with Gasteiger partial charge in [0.25, 0.3) is 0 Å². The fourth-order valence-corrected chi connectivity index (χ4v) is 5.73. The van der Waals surface area contributed by atoms with E-state index < -0.39 is 32.5 Å². The van der Waals surface area contributed by atoms with E-state index in [1.165, 1.54) is 44.9 Å². The molecule has 0 bridgehead atoms. The topological polar surface area (TPSA) is 151 Å². The Morgan fingerprint density at radius 3 is 1.79 bits per heavy atom. The van der Waals surface area contributed by atoms with Gasteiger partial charge in [-0.2, -0.15) is 0 Å². The molecule has 0 rings (SSSR count). The first kappa shape index (κ1) is 46.2. The first-order chi connectivity index (χ1) is 23.2. The average Bonchev–Trinajstić information content (AvgIpc) is 3.06. The van der Waals surface area contributed by atoms with Crippen molar-refractivity contribution >= 4 is 25.5 Å². The normalized spacial score (nSPS) is 13.6. The fourth-order valence-electron chi connectivity index (χ4n) is 4.97. The van der Waals surface area contributed by atoms with Crippen LogP contribution in [0, 0.1) is 0 Å². The molecule has 3 N–H and O–H groups in total. The number of allylic oxidation sites excluding steroid dienone is 4. The molecule has 0 aliphatic carbocycles. The Morgan fingerprint density at radius 2 is 1.19 bits per heavy atom. The summed E-state index contributed by atoms with van der Waals surface area (Å²) >= 11 is 0. The standard InChI is InChI=1S/C37H68NO9P/c1-3-5-7-8-9-10-11-14-18-21-25-29-37(41)47-35(33-46-48(42,43)45-31-30-38)32-44-36(40)28-24-20-17-15-12-13-16-19-23-27-34(39)26-22-6-4-2/h16,19,23,27,35H,3-15,17-18,20-22,24-26,28-33,38H2,1-2H3,(H,42,43)/b19-16-,27-23+/t35-/m1/s1. The van der Waals surface area contributed by atoms with Gasteiger partial charge in [-0.3, -0.25) is 23.4 Å². The van der Waals surface area contributed by atoms with Gasteiger partial charge in [-0.25, -0.2) is 4.57 Å². The predicted molar refractivity (Wildman–Crippen MR) is 192 cm³/mol. The van der Waals surface area contributed by atoms with Crippen molar-refractivity contribution in [3.05, 3.63) is 24.3 Å². The first-order valence-corrected chi connectivity index (χ1v) is 20.3. The number of ether oxygens (including phenoxy) is 2. The van der Waals surface area contributed by atoms with Crippen LogP contribution in [0.5, 0.6) is 0 Å². The quantitative estimate of drug-likeness (QED) is 0.0215. The molecular weight excluding hydrogens is 633 g/mol. The van der Waals surface area contributed by atoms with E-state index >= 15 is 0 Å². The zero-order valence-electron chi connectivity index (χ0n) is 30.2. The monoisotopic (exact) mass is 701 g/mol. The van der Waals surface area contributed by atoms with E-state index in [0.717, 1.165) is 70.6 Å². The Morgan fingerprint density at radius 1 is 0.667 bits per heavy atom. The van der Waals surface area contributed by atoms with Crippen LogP contribution >= 0.6 is 7.82 Å². The highest BCUT2D eigenvalue weighted by atomic mass is 31.2. The molecule has 0 aromatic heterocycles. The molecule has 0 aliphatic heterocycles. The van der Waals surface area contributed by atoms with Crippen molar-refractivity contribution in [1.82, 2.24) is 0 Å². The van der Waals surface area contributed by atoms with Crippen LogP contribution in [0.4, 0.5) is 0 Å². The summed E-state index contributed by atoms with van der Waals surface area (Å²) < 4.78 is 32.5. The summed E-state index contributed by atoms with van der Waals surface area (Å²) in [4.78, 5) is 46.3. The molecule has 0 aromatic carbocycles. The molecule has 0 aromatic rings. The summed E-state index contributed by atoms with van der Waals surface area (Å²) in [7, 11) is -4.38. The van der Waals surface area contributed by atoms with E-state index in [1.54, 1.807) is 6.08 Å². The number of carbonyl (C=O) groups is 3. The molecule has 280 valence electrons. The van der Waals surface area contributed by atoms with Gasteiger partial charge in [0, 0.05) is 25.8 Å². The van der Waals surface area contributed by atoms with Crippen molar-refractivity contribution < 1.29 is 42.4 Å². The zero-order chi connectivity index (χ0) is 35.6. The van der Waals surface area contributed by atoms with Gasteiger partial charge in [-0.1, -0.05) is 128 Å². The number of carbonyl (C=O) groups excluding carboxylic acids is 3. The van der Waals surface area contributed by atoms with E-state index in [0.29, 0.717) is 19.3 Å². The van der Waals surface area contributed by atoms with Gasteiger partial charge in [0.2, 0.25) is 0 Å². The summed E-state index contributed by atoms with van der Waals surface area (Å²) in [5.41, 5.74) is 5.32. The van der Waals surface area contributed by atoms with Gasteiger partial charge in [-0.05, 0) is 38.2 Å². The lowest BCUT2D eigenvalue weighted by Gasteiger charge is -2.19. The number of nitrogens with two attached hydrogens (primary N) is 1. The highest BCUT2D eigenvalue weighted by Crippen LogP contribution is 2.43. The summed E-state index contributed by atoms with van der Waals surface area (Å²) in [6.45, 7) is 3.50. The smallest absolute Gasteiger partial charge is 0.462 e. The third kappa shape index (κ3) is 32.7. The molecule has 48 heavy (non-hydrogen) atoms. The summed E-state index contributed by atoms with van der Waals surface area (Å²) in [6.07, 6.45) is 29.0. The second-order valence-electron chi connectivity index (χ2n) is 12.5. The number of unbranched alkanes of at least 4 members (excludes halogenated alkanes) is 17. The largest absolute Gasteiger partial charge is 0.472 e. The van der Waals surface area contributed by atoms with Crippen molar-refractivity contribution in [1.29, 1.82) is 0 Å². The van der Waals surface area contributed by atoms with Gasteiger partial charge in [0.1, 0.15) is 6.61 Å². The van der Waals surface area contributed by atoms with Gasteiger partial charge >= 0.3 is 19.8 Å². The predicted octanol–water partition coefficient (Wildman–Crippen LogP) is 9.23. The fraction of sp³-hybridized carbons (Fsp3) is 0.811. The summed E-state index contributed by atoms with van der Waals surface area (Å²) in [5, 5.41) is 0. The van der Waals surface area contributed by atoms with Crippen LogP contribution in [0.2, 0.25) is 0 Å². The summed E-state index contributed by atoms with van der Waals surface area (Å²) in [5.74, 6) is -0.713. The van der Waals surface area contributed by atoms with Crippen LogP contribution in [0.15, 0.2) is 24.3 Å². The number of hydrogen-bond donors (Lipinski definition) is 2. The van der Waals surface area contributed by atoms with Crippen LogP contribution < -0.4 is 5.73 Å². The Hall–Kier alpha value is -1.84. The molecular formula is C37H68NO9P. The minimum Gasteiger partial charge on any atom is -0.462 e. The maximum atomic E-state index is 12.5. The Kier molecular flexibility index (Phi) is 32.4. The molecule has 0 fully saturated rings. The molecule has 0 radical (unpaired) electrons. The van der Waals surface area contributed by atoms with Crippen molar-refractivity contribution in [2.24, 2.45) is 5.73 Å². The molecule has 0 saturated heterocycles. The minimum absolute atomic E-state index is 0.0417. The highest BCUT2D eigenvalue weighted by Gasteiger charge is 2.25. The lowest BCUT2D eigenvalue weighted by molar-refractivity contribution is -0.161. The number of rotatable bonds is 35. The molecule has 2 atom stereocenters. The Labute approximate surface area is 291 Å². The van der Waals surface area contributed by atoms with E-state index in [9.17, 15) is 23.8 Å². The maximum Gasteiger partial charge on any atom is 0.472 e. The molecule has 0 spiro atoms. The van der Waals surface area contributed by atoms with Gasteiger partial charge in [-0.15, -0.1) is 0 Å². The number of hydrogen-bond acceptors (Lipinski definition) is 9. The second-order valence-corrected chi connectivity index (χ2v) is 13.9. The number of phosphoric acid groups is 1. The van der Waals surface area contributed by atoms with Crippen LogP contribution in [0.1, 0.15) is 162 Å². The van der Waals surface area contributed by atoms with Crippen LogP contribution in [0.25, 0.3) is 0 Å². The van der Waals surface area contributed by atoms with Crippen molar-refractivity contribution in [3.8, 4) is 0 Å². The first-order valence-electron chi connectivity index (χ1n) is 18.8. The van der Waals surface area contributed by atoms with Crippen LogP contribution in [-0.4, -0.2) is 55.1 Å². The molecule has 0 amide bonds. The molecule has 0 heterocycles. The molecule has 0 aliphatic rings. The number of esters is 2. The number of phosphoric ester groups is 1. The third-order valence-electron chi connectivity index (χ3n) is 7.82. The highest BCUT2D eigenvalue weighted by molar-refractivity contribution is 7.47. The van der Waals surface area contributed by atoms with Gasteiger partial charge in [0.15, 0.2) is 11.9 Å². The van der Waals surface area contributed by atoms with Crippen molar-refractivity contribution in [3.63, 3.8) is 0 Å². The molecule has 0 saturated carbocycles. The second kappa shape index (κ2) is 33.6. The molecule has 1 unspecified atom stereocenters. The van der Waals surface area contributed by atoms with Gasteiger partial charge < -0.3 is 20.1 Å². The third-order valence-corrected chi connectivity index (χ3v) is 8.80. The Balaban J connectivity index is 4.28. The minimum atomic E-state index is -4.38. The Bertz CT molecular complexity index is 909. The van der Waals surface area contributed by atoms with E-state index in [-0.39, 0.29) is 38.4 Å². The summed E-state index contributed by atoms with van der Waals surface area (Å²) in [6, 6.07) is 0. The van der Waals surface area contributed by atoms with Crippen molar-refractivity contribution in [2.75, 3.05) is 26.4 Å². The molecule has 11 heteroatoms.